The van der Waals surface area contributed by atoms with E-state index in [1.807, 2.05) is 0 Å². The summed E-state index contributed by atoms with van der Waals surface area (Å²) in [5.74, 6) is 0.211. The van der Waals surface area contributed by atoms with Gasteiger partial charge in [0.2, 0.25) is 5.91 Å². The molecule has 84 valence electrons. The predicted molar refractivity (Wildman–Crippen MR) is 60.6 cm³/mol. The maximum atomic E-state index is 11.7. The zero-order valence-corrected chi connectivity index (χ0v) is 9.41. The van der Waals surface area contributed by atoms with Gasteiger partial charge in [0.15, 0.2) is 0 Å². The monoisotopic (exact) mass is 208 g/mol. The fourth-order valence-electron chi connectivity index (χ4n) is 2.62. The summed E-state index contributed by atoms with van der Waals surface area (Å²) in [5.41, 5.74) is 0. The molecule has 0 saturated carbocycles. The molecule has 0 radical (unpaired) electrons. The molecule has 1 amide bonds. The Morgan fingerprint density at radius 3 is 3.13 bits per heavy atom. The van der Waals surface area contributed by atoms with E-state index in [1.165, 1.54) is 19.3 Å². The van der Waals surface area contributed by atoms with Gasteiger partial charge in [-0.1, -0.05) is 19.1 Å². The van der Waals surface area contributed by atoms with Crippen LogP contribution < -0.4 is 5.32 Å². The average molecular weight is 208 g/mol. The van der Waals surface area contributed by atoms with Gasteiger partial charge in [-0.15, -0.1) is 0 Å². The minimum Gasteiger partial charge on any atom is -0.353 e. The molecule has 0 aromatic rings. The lowest BCUT2D eigenvalue weighted by molar-refractivity contribution is -0.130. The molecule has 0 bridgehead atoms. The SMILES string of the molecule is CCC1C(=O)NCCN1C1C=CCCC1. The van der Waals surface area contributed by atoms with Crippen LogP contribution in [0.4, 0.5) is 0 Å². The summed E-state index contributed by atoms with van der Waals surface area (Å²) in [4.78, 5) is 14.1. The van der Waals surface area contributed by atoms with E-state index in [0.717, 1.165) is 19.5 Å². The standard InChI is InChI=1S/C12H20N2O/c1-2-11-12(15)13-8-9-14(11)10-6-4-3-5-7-10/h4,6,10-11H,2-3,5,7-9H2,1H3,(H,13,15). The van der Waals surface area contributed by atoms with Crippen LogP contribution in [0.25, 0.3) is 0 Å². The zero-order chi connectivity index (χ0) is 10.7. The highest BCUT2D eigenvalue weighted by Crippen LogP contribution is 2.21. The smallest absolute Gasteiger partial charge is 0.237 e. The van der Waals surface area contributed by atoms with Crippen molar-refractivity contribution in [2.75, 3.05) is 13.1 Å². The number of carbonyl (C=O) groups is 1. The van der Waals surface area contributed by atoms with E-state index in [-0.39, 0.29) is 11.9 Å². The Morgan fingerprint density at radius 2 is 2.47 bits per heavy atom. The van der Waals surface area contributed by atoms with E-state index in [2.05, 4.69) is 29.3 Å². The Labute approximate surface area is 91.5 Å². The summed E-state index contributed by atoms with van der Waals surface area (Å²) >= 11 is 0. The van der Waals surface area contributed by atoms with E-state index < -0.39 is 0 Å². The van der Waals surface area contributed by atoms with Gasteiger partial charge in [-0.2, -0.15) is 0 Å². The Bertz CT molecular complexity index is 262. The van der Waals surface area contributed by atoms with Crippen molar-refractivity contribution in [2.45, 2.75) is 44.7 Å². The van der Waals surface area contributed by atoms with Gasteiger partial charge in [-0.3, -0.25) is 9.69 Å². The first-order valence-electron chi connectivity index (χ1n) is 6.03. The van der Waals surface area contributed by atoms with E-state index in [1.54, 1.807) is 0 Å². The number of nitrogens with one attached hydrogen (secondary N) is 1. The van der Waals surface area contributed by atoms with Crippen molar-refractivity contribution >= 4 is 5.91 Å². The van der Waals surface area contributed by atoms with Crippen molar-refractivity contribution in [3.8, 4) is 0 Å². The predicted octanol–water partition coefficient (Wildman–Crippen LogP) is 1.31. The third-order valence-corrected chi connectivity index (χ3v) is 3.41. The minimum atomic E-state index is 0.0894. The molecule has 1 heterocycles. The van der Waals surface area contributed by atoms with Crippen LogP contribution in [-0.4, -0.2) is 36.0 Å². The van der Waals surface area contributed by atoms with Gasteiger partial charge in [0.05, 0.1) is 6.04 Å². The highest BCUT2D eigenvalue weighted by Gasteiger charge is 2.32. The molecule has 1 fully saturated rings. The van der Waals surface area contributed by atoms with Crippen molar-refractivity contribution in [2.24, 2.45) is 0 Å². The molecule has 1 aliphatic heterocycles. The topological polar surface area (TPSA) is 32.3 Å². The number of hydrogen-bond donors (Lipinski definition) is 1. The van der Waals surface area contributed by atoms with Gasteiger partial charge in [0.1, 0.15) is 0 Å². The van der Waals surface area contributed by atoms with Gasteiger partial charge in [-0.25, -0.2) is 0 Å². The Hall–Kier alpha value is -0.830. The first kappa shape index (κ1) is 10.7. The van der Waals surface area contributed by atoms with Crippen LogP contribution in [0.5, 0.6) is 0 Å². The van der Waals surface area contributed by atoms with Crippen molar-refractivity contribution in [1.29, 1.82) is 0 Å². The van der Waals surface area contributed by atoms with Crippen molar-refractivity contribution < 1.29 is 4.79 Å². The molecule has 1 aliphatic carbocycles. The van der Waals surface area contributed by atoms with Crippen LogP contribution in [0.15, 0.2) is 12.2 Å². The number of carbonyl (C=O) groups excluding carboxylic acids is 1. The molecule has 1 N–H and O–H groups in total. The third kappa shape index (κ3) is 2.23. The molecule has 3 heteroatoms. The van der Waals surface area contributed by atoms with Crippen LogP contribution in [-0.2, 0) is 4.79 Å². The summed E-state index contributed by atoms with van der Waals surface area (Å²) in [5, 5.41) is 2.95. The number of amides is 1. The largest absolute Gasteiger partial charge is 0.353 e. The van der Waals surface area contributed by atoms with Crippen molar-refractivity contribution in [3.05, 3.63) is 12.2 Å². The summed E-state index contributed by atoms with van der Waals surface area (Å²) < 4.78 is 0. The van der Waals surface area contributed by atoms with Gasteiger partial charge < -0.3 is 5.32 Å². The molecule has 2 rings (SSSR count). The molecule has 15 heavy (non-hydrogen) atoms. The second kappa shape index (κ2) is 4.79. The van der Waals surface area contributed by atoms with Gasteiger partial charge in [0, 0.05) is 19.1 Å². The zero-order valence-electron chi connectivity index (χ0n) is 9.41. The molecule has 2 atom stereocenters. The third-order valence-electron chi connectivity index (χ3n) is 3.41. The number of rotatable bonds is 2. The normalized spacial score (nSPS) is 32.7. The van der Waals surface area contributed by atoms with Crippen LogP contribution in [0.2, 0.25) is 0 Å². The van der Waals surface area contributed by atoms with Gasteiger partial charge in [0.25, 0.3) is 0 Å². The second-order valence-corrected chi connectivity index (χ2v) is 4.38. The Morgan fingerprint density at radius 1 is 1.60 bits per heavy atom. The summed E-state index contributed by atoms with van der Waals surface area (Å²) in [6.45, 7) is 3.90. The molecule has 1 saturated heterocycles. The molecular weight excluding hydrogens is 188 g/mol. The molecule has 2 unspecified atom stereocenters. The fraction of sp³-hybridized carbons (Fsp3) is 0.750. The maximum absolute atomic E-state index is 11.7. The summed E-state index contributed by atoms with van der Waals surface area (Å²) in [6, 6.07) is 0.584. The van der Waals surface area contributed by atoms with E-state index >= 15 is 0 Å². The van der Waals surface area contributed by atoms with Crippen LogP contribution in [0, 0.1) is 0 Å². The second-order valence-electron chi connectivity index (χ2n) is 4.38. The highest BCUT2D eigenvalue weighted by molar-refractivity contribution is 5.82. The van der Waals surface area contributed by atoms with Crippen LogP contribution >= 0.6 is 0 Å². The number of allylic oxidation sites excluding steroid dienone is 1. The fourth-order valence-corrected chi connectivity index (χ4v) is 2.62. The van der Waals surface area contributed by atoms with Crippen LogP contribution in [0.3, 0.4) is 0 Å². The Balaban J connectivity index is 2.07. The molecule has 0 spiro atoms. The number of hydrogen-bond acceptors (Lipinski definition) is 2. The molecule has 0 aromatic carbocycles. The lowest BCUT2D eigenvalue weighted by atomic mass is 9.98. The highest BCUT2D eigenvalue weighted by atomic mass is 16.2. The molecule has 3 nitrogen and oxygen atoms in total. The quantitative estimate of drug-likeness (QED) is 0.694. The lowest BCUT2D eigenvalue weighted by Gasteiger charge is -2.40. The molecule has 0 aromatic heterocycles. The Kier molecular flexibility index (Phi) is 3.41. The maximum Gasteiger partial charge on any atom is 0.237 e. The van der Waals surface area contributed by atoms with E-state index in [4.69, 9.17) is 0 Å². The van der Waals surface area contributed by atoms with E-state index in [0.29, 0.717) is 6.04 Å². The molecule has 2 aliphatic rings. The van der Waals surface area contributed by atoms with Crippen molar-refractivity contribution in [3.63, 3.8) is 0 Å². The van der Waals surface area contributed by atoms with Crippen LogP contribution in [0.1, 0.15) is 32.6 Å². The van der Waals surface area contributed by atoms with Gasteiger partial charge in [-0.05, 0) is 25.7 Å². The van der Waals surface area contributed by atoms with Crippen molar-refractivity contribution in [1.82, 2.24) is 10.2 Å². The van der Waals surface area contributed by atoms with Gasteiger partial charge >= 0.3 is 0 Å². The molecular formula is C12H20N2O. The first-order chi connectivity index (χ1) is 7.33. The summed E-state index contributed by atoms with van der Waals surface area (Å²) in [7, 11) is 0. The average Bonchev–Trinajstić information content (AvgIpc) is 2.30. The summed E-state index contributed by atoms with van der Waals surface area (Å²) in [6.07, 6.45) is 9.12. The number of piperazine rings is 1. The first-order valence-corrected chi connectivity index (χ1v) is 6.03. The van der Waals surface area contributed by atoms with E-state index in [9.17, 15) is 4.79 Å². The minimum absolute atomic E-state index is 0.0894. The number of nitrogens with zero attached hydrogens (tertiary/aromatic N) is 1. The lowest BCUT2D eigenvalue weighted by Crippen LogP contribution is -2.58.